The highest BCUT2D eigenvalue weighted by atomic mass is 79.9. The summed E-state index contributed by atoms with van der Waals surface area (Å²) in [4.78, 5) is 0. The molecule has 2 aromatic rings. The molecule has 15 heavy (non-hydrogen) atoms. The third-order valence-electron chi connectivity index (χ3n) is 2.19. The molecule has 2 rings (SSSR count). The Morgan fingerprint density at radius 3 is 2.73 bits per heavy atom. The summed E-state index contributed by atoms with van der Waals surface area (Å²) < 4.78 is 5.80. The second-order valence-electron chi connectivity index (χ2n) is 3.18. The Labute approximate surface area is 101 Å². The molecule has 1 atom stereocenters. The number of furan rings is 1. The Bertz CT molecular complexity index is 469. The van der Waals surface area contributed by atoms with E-state index in [-0.39, 0.29) is 6.04 Å². The Kier molecular flexibility index (Phi) is 3.14. The SMILES string of the molecule is NC(c1cccc(Cl)c1)c1ccoc1Br. The molecule has 0 fully saturated rings. The molecule has 0 radical (unpaired) electrons. The van der Waals surface area contributed by atoms with E-state index in [9.17, 15) is 0 Å². The molecular formula is C11H9BrClNO. The highest BCUT2D eigenvalue weighted by molar-refractivity contribution is 9.10. The second-order valence-corrected chi connectivity index (χ2v) is 4.34. The fraction of sp³-hybridized carbons (Fsp3) is 0.0909. The maximum Gasteiger partial charge on any atom is 0.174 e. The van der Waals surface area contributed by atoms with Crippen molar-refractivity contribution in [2.24, 2.45) is 5.73 Å². The van der Waals surface area contributed by atoms with Crippen LogP contribution in [0.15, 0.2) is 45.7 Å². The average Bonchev–Trinajstić information content (AvgIpc) is 2.63. The fourth-order valence-electron chi connectivity index (χ4n) is 1.41. The van der Waals surface area contributed by atoms with Crippen molar-refractivity contribution in [3.8, 4) is 0 Å². The van der Waals surface area contributed by atoms with Crippen molar-refractivity contribution < 1.29 is 4.42 Å². The molecule has 0 aliphatic heterocycles. The van der Waals surface area contributed by atoms with Gasteiger partial charge in [-0.05, 0) is 39.7 Å². The van der Waals surface area contributed by atoms with Gasteiger partial charge in [0.05, 0.1) is 12.3 Å². The molecule has 1 aromatic carbocycles. The van der Waals surface area contributed by atoms with Gasteiger partial charge in [0.2, 0.25) is 0 Å². The van der Waals surface area contributed by atoms with Gasteiger partial charge in [-0.25, -0.2) is 0 Å². The van der Waals surface area contributed by atoms with E-state index in [1.807, 2.05) is 30.3 Å². The van der Waals surface area contributed by atoms with Crippen molar-refractivity contribution in [3.63, 3.8) is 0 Å². The van der Waals surface area contributed by atoms with Crippen LogP contribution in [0, 0.1) is 0 Å². The van der Waals surface area contributed by atoms with Crippen molar-refractivity contribution in [1.29, 1.82) is 0 Å². The molecule has 0 saturated carbocycles. The molecule has 0 amide bonds. The van der Waals surface area contributed by atoms with E-state index in [1.54, 1.807) is 6.26 Å². The zero-order valence-corrected chi connectivity index (χ0v) is 10.1. The van der Waals surface area contributed by atoms with Gasteiger partial charge in [-0.15, -0.1) is 0 Å². The first-order valence-corrected chi connectivity index (χ1v) is 5.59. The summed E-state index contributed by atoms with van der Waals surface area (Å²) in [6.07, 6.45) is 1.60. The van der Waals surface area contributed by atoms with Crippen molar-refractivity contribution in [3.05, 3.63) is 57.4 Å². The van der Waals surface area contributed by atoms with Crippen LogP contribution in [0.1, 0.15) is 17.2 Å². The van der Waals surface area contributed by atoms with Gasteiger partial charge in [0, 0.05) is 10.6 Å². The molecule has 0 spiro atoms. The smallest absolute Gasteiger partial charge is 0.174 e. The van der Waals surface area contributed by atoms with Gasteiger partial charge in [0.15, 0.2) is 4.67 Å². The maximum absolute atomic E-state index is 6.08. The molecule has 0 bridgehead atoms. The van der Waals surface area contributed by atoms with Gasteiger partial charge in [-0.1, -0.05) is 23.7 Å². The summed E-state index contributed by atoms with van der Waals surface area (Å²) in [5.41, 5.74) is 7.96. The Morgan fingerprint density at radius 1 is 1.33 bits per heavy atom. The molecule has 78 valence electrons. The predicted molar refractivity (Wildman–Crippen MR) is 63.9 cm³/mol. The van der Waals surface area contributed by atoms with Gasteiger partial charge in [0.25, 0.3) is 0 Å². The average molecular weight is 287 g/mol. The van der Waals surface area contributed by atoms with Gasteiger partial charge in [-0.3, -0.25) is 0 Å². The van der Waals surface area contributed by atoms with E-state index < -0.39 is 0 Å². The highest BCUT2D eigenvalue weighted by Crippen LogP contribution is 2.28. The van der Waals surface area contributed by atoms with Gasteiger partial charge < -0.3 is 10.2 Å². The summed E-state index contributed by atoms with van der Waals surface area (Å²) >= 11 is 9.20. The van der Waals surface area contributed by atoms with Crippen LogP contribution in [0.25, 0.3) is 0 Å². The van der Waals surface area contributed by atoms with E-state index in [4.69, 9.17) is 21.8 Å². The molecule has 1 aromatic heterocycles. The Hall–Kier alpha value is -0.770. The van der Waals surface area contributed by atoms with Crippen LogP contribution < -0.4 is 5.73 Å². The first kappa shape index (κ1) is 10.7. The minimum atomic E-state index is -0.225. The molecule has 4 heteroatoms. The maximum atomic E-state index is 6.08. The zero-order valence-electron chi connectivity index (χ0n) is 7.78. The molecule has 2 N–H and O–H groups in total. The van der Waals surface area contributed by atoms with E-state index in [2.05, 4.69) is 15.9 Å². The van der Waals surface area contributed by atoms with Crippen LogP contribution in [0.4, 0.5) is 0 Å². The third-order valence-corrected chi connectivity index (χ3v) is 3.07. The van der Waals surface area contributed by atoms with Crippen LogP contribution >= 0.6 is 27.5 Å². The molecule has 0 aliphatic carbocycles. The van der Waals surface area contributed by atoms with Gasteiger partial charge in [0.1, 0.15) is 0 Å². The molecule has 0 aliphatic rings. The first-order valence-electron chi connectivity index (χ1n) is 4.42. The van der Waals surface area contributed by atoms with Crippen molar-refractivity contribution >= 4 is 27.5 Å². The van der Waals surface area contributed by atoms with Crippen LogP contribution in [0.3, 0.4) is 0 Å². The van der Waals surface area contributed by atoms with E-state index in [0.29, 0.717) is 9.69 Å². The molecule has 0 saturated heterocycles. The number of rotatable bonds is 2. The summed E-state index contributed by atoms with van der Waals surface area (Å²) in [5, 5.41) is 0.683. The van der Waals surface area contributed by atoms with E-state index >= 15 is 0 Å². The zero-order chi connectivity index (χ0) is 10.8. The van der Waals surface area contributed by atoms with Crippen molar-refractivity contribution in [1.82, 2.24) is 0 Å². The molecule has 1 unspecified atom stereocenters. The lowest BCUT2D eigenvalue weighted by atomic mass is 10.0. The minimum absolute atomic E-state index is 0.225. The minimum Gasteiger partial charge on any atom is -0.457 e. The van der Waals surface area contributed by atoms with Crippen molar-refractivity contribution in [2.75, 3.05) is 0 Å². The van der Waals surface area contributed by atoms with E-state index in [1.165, 1.54) is 0 Å². The van der Waals surface area contributed by atoms with Gasteiger partial charge >= 0.3 is 0 Å². The normalized spacial score (nSPS) is 12.7. The number of benzene rings is 1. The van der Waals surface area contributed by atoms with Crippen LogP contribution in [0.5, 0.6) is 0 Å². The van der Waals surface area contributed by atoms with Crippen molar-refractivity contribution in [2.45, 2.75) is 6.04 Å². The lowest BCUT2D eigenvalue weighted by Gasteiger charge is -2.10. The lowest BCUT2D eigenvalue weighted by Crippen LogP contribution is -2.11. The molecule has 1 heterocycles. The molecule has 2 nitrogen and oxygen atoms in total. The van der Waals surface area contributed by atoms with Gasteiger partial charge in [-0.2, -0.15) is 0 Å². The third kappa shape index (κ3) is 2.25. The summed E-state index contributed by atoms with van der Waals surface area (Å²) in [6, 6.07) is 9.11. The number of hydrogen-bond donors (Lipinski definition) is 1. The first-order chi connectivity index (χ1) is 7.18. The van der Waals surface area contributed by atoms with Crippen LogP contribution in [-0.2, 0) is 0 Å². The number of halogens is 2. The Balaban J connectivity index is 2.36. The quantitative estimate of drug-likeness (QED) is 0.913. The second kappa shape index (κ2) is 4.39. The summed E-state index contributed by atoms with van der Waals surface area (Å²) in [6.45, 7) is 0. The monoisotopic (exact) mass is 285 g/mol. The standard InChI is InChI=1S/C11H9BrClNO/c12-11-9(4-5-15-11)10(14)7-2-1-3-8(13)6-7/h1-6,10H,14H2. The van der Waals surface area contributed by atoms with Crippen LogP contribution in [-0.4, -0.2) is 0 Å². The molecular weight excluding hydrogens is 277 g/mol. The Morgan fingerprint density at radius 2 is 2.13 bits per heavy atom. The number of hydrogen-bond acceptors (Lipinski definition) is 2. The fourth-order valence-corrected chi connectivity index (χ4v) is 2.09. The summed E-state index contributed by atoms with van der Waals surface area (Å²) in [7, 11) is 0. The highest BCUT2D eigenvalue weighted by Gasteiger charge is 2.14. The topological polar surface area (TPSA) is 39.2 Å². The predicted octanol–water partition coefficient (Wildman–Crippen LogP) is 3.74. The van der Waals surface area contributed by atoms with E-state index in [0.717, 1.165) is 11.1 Å². The number of nitrogens with two attached hydrogens (primary N) is 1. The van der Waals surface area contributed by atoms with Crippen LogP contribution in [0.2, 0.25) is 5.02 Å². The summed E-state index contributed by atoms with van der Waals surface area (Å²) in [5.74, 6) is 0. The largest absolute Gasteiger partial charge is 0.457 e. The lowest BCUT2D eigenvalue weighted by molar-refractivity contribution is 0.534.